The second-order valence-electron chi connectivity index (χ2n) is 5.84. The molecule has 0 spiro atoms. The Balaban J connectivity index is 1.88. The lowest BCUT2D eigenvalue weighted by Crippen LogP contribution is -2.15. The number of rotatable bonds is 5. The minimum Gasteiger partial charge on any atom is -0.426 e. The predicted molar refractivity (Wildman–Crippen MR) is 92.3 cm³/mol. The molecule has 2 aromatic rings. The zero-order valence-corrected chi connectivity index (χ0v) is 14.5. The van der Waals surface area contributed by atoms with Gasteiger partial charge < -0.3 is 9.47 Å². The lowest BCUT2D eigenvalue weighted by Gasteiger charge is -2.10. The second kappa shape index (κ2) is 7.77. The number of aryl methyl sites for hydroxylation is 2. The van der Waals surface area contributed by atoms with Gasteiger partial charge in [-0.15, -0.1) is 0 Å². The van der Waals surface area contributed by atoms with Gasteiger partial charge in [-0.1, -0.05) is 24.3 Å². The summed E-state index contributed by atoms with van der Waals surface area (Å²) in [5, 5.41) is 0. The van der Waals surface area contributed by atoms with E-state index in [1.807, 2.05) is 52.0 Å². The molecule has 0 aromatic heterocycles. The van der Waals surface area contributed by atoms with Gasteiger partial charge in [0.05, 0.1) is 12.8 Å². The molecule has 0 aliphatic rings. The summed E-state index contributed by atoms with van der Waals surface area (Å²) in [6, 6.07) is 11.1. The first kappa shape index (κ1) is 17.7. The maximum absolute atomic E-state index is 11.9. The summed E-state index contributed by atoms with van der Waals surface area (Å²) in [5.41, 5.74) is 3.94. The van der Waals surface area contributed by atoms with Crippen molar-refractivity contribution in [1.82, 2.24) is 0 Å². The molecule has 0 aliphatic heterocycles. The highest BCUT2D eigenvalue weighted by Crippen LogP contribution is 2.22. The van der Waals surface area contributed by atoms with Gasteiger partial charge in [0.2, 0.25) is 0 Å². The van der Waals surface area contributed by atoms with E-state index in [1.165, 1.54) is 0 Å². The van der Waals surface area contributed by atoms with Crippen LogP contribution in [0, 0.1) is 27.7 Å². The molecule has 0 N–H and O–H groups in total. The van der Waals surface area contributed by atoms with Crippen LogP contribution in [0.2, 0.25) is 0 Å². The van der Waals surface area contributed by atoms with Gasteiger partial charge in [0, 0.05) is 0 Å². The first-order valence-corrected chi connectivity index (χ1v) is 7.92. The van der Waals surface area contributed by atoms with Crippen LogP contribution >= 0.6 is 0 Å². The molecule has 0 aliphatic carbocycles. The highest BCUT2D eigenvalue weighted by Gasteiger charge is 2.13. The average molecular weight is 326 g/mol. The molecule has 0 bridgehead atoms. The van der Waals surface area contributed by atoms with Crippen LogP contribution in [-0.4, -0.2) is 11.9 Å². The van der Waals surface area contributed by atoms with Crippen molar-refractivity contribution in [3.8, 4) is 11.5 Å². The van der Waals surface area contributed by atoms with Crippen LogP contribution in [0.15, 0.2) is 36.4 Å². The quantitative estimate of drug-likeness (QED) is 0.610. The maximum Gasteiger partial charge on any atom is 0.311 e. The fourth-order valence-electron chi connectivity index (χ4n) is 2.22. The minimum absolute atomic E-state index is 0.0168. The molecule has 0 saturated heterocycles. The summed E-state index contributed by atoms with van der Waals surface area (Å²) >= 11 is 0. The number of esters is 2. The molecule has 0 heterocycles. The van der Waals surface area contributed by atoms with Crippen molar-refractivity contribution in [2.24, 2.45) is 0 Å². The van der Waals surface area contributed by atoms with E-state index in [2.05, 4.69) is 0 Å². The van der Waals surface area contributed by atoms with Crippen molar-refractivity contribution in [1.29, 1.82) is 0 Å². The van der Waals surface area contributed by atoms with Crippen LogP contribution in [0.4, 0.5) is 0 Å². The van der Waals surface area contributed by atoms with Gasteiger partial charge in [-0.05, 0) is 62.1 Å². The predicted octanol–water partition coefficient (Wildman–Crippen LogP) is 4.21. The Bertz CT molecular complexity index is 697. The second-order valence-corrected chi connectivity index (χ2v) is 5.84. The number of carbonyl (C=O) groups is 2. The molecule has 0 amide bonds. The summed E-state index contributed by atoms with van der Waals surface area (Å²) in [7, 11) is 0. The van der Waals surface area contributed by atoms with Gasteiger partial charge in [-0.2, -0.15) is 0 Å². The first-order chi connectivity index (χ1) is 11.4. The SMILES string of the molecule is Cc1cccc(OC(=O)CCC(=O)Oc2cccc(C)c2C)c1C. The van der Waals surface area contributed by atoms with Gasteiger partial charge in [0.1, 0.15) is 11.5 Å². The third-order valence-electron chi connectivity index (χ3n) is 4.09. The first-order valence-electron chi connectivity index (χ1n) is 7.92. The summed E-state index contributed by atoms with van der Waals surface area (Å²) in [6.45, 7) is 7.70. The van der Waals surface area contributed by atoms with Crippen LogP contribution in [0.5, 0.6) is 11.5 Å². The molecule has 0 atom stereocenters. The zero-order valence-electron chi connectivity index (χ0n) is 14.5. The van der Waals surface area contributed by atoms with Crippen LogP contribution in [0.1, 0.15) is 35.1 Å². The molecule has 0 radical (unpaired) electrons. The van der Waals surface area contributed by atoms with Gasteiger partial charge >= 0.3 is 11.9 Å². The largest absolute Gasteiger partial charge is 0.426 e. The van der Waals surface area contributed by atoms with Crippen LogP contribution in [0.3, 0.4) is 0 Å². The lowest BCUT2D eigenvalue weighted by molar-refractivity contribution is -0.140. The van der Waals surface area contributed by atoms with Crippen molar-refractivity contribution in [2.75, 3.05) is 0 Å². The molecule has 126 valence electrons. The Morgan fingerprint density at radius 3 is 1.46 bits per heavy atom. The molecular weight excluding hydrogens is 304 g/mol. The van der Waals surface area contributed by atoms with Crippen molar-refractivity contribution < 1.29 is 19.1 Å². The Labute approximate surface area is 142 Å². The van der Waals surface area contributed by atoms with Crippen LogP contribution in [0.25, 0.3) is 0 Å². The molecule has 4 nitrogen and oxygen atoms in total. The molecule has 0 unspecified atom stereocenters. The summed E-state index contributed by atoms with van der Waals surface area (Å²) < 4.78 is 10.6. The molecular formula is C20H22O4. The third kappa shape index (κ3) is 4.44. The standard InChI is InChI=1S/C20H22O4/c1-13-7-5-9-17(15(13)3)23-19(21)11-12-20(22)24-18-10-6-8-14(2)16(18)4/h5-10H,11-12H2,1-4H3. The molecule has 24 heavy (non-hydrogen) atoms. The topological polar surface area (TPSA) is 52.6 Å². The van der Waals surface area contributed by atoms with E-state index in [1.54, 1.807) is 12.1 Å². The summed E-state index contributed by atoms with van der Waals surface area (Å²) in [5.74, 6) is 0.175. The van der Waals surface area contributed by atoms with E-state index in [4.69, 9.17) is 9.47 Å². The van der Waals surface area contributed by atoms with Gasteiger partial charge in [0.15, 0.2) is 0 Å². The van der Waals surface area contributed by atoms with E-state index in [9.17, 15) is 9.59 Å². The van der Waals surface area contributed by atoms with E-state index in [0.29, 0.717) is 11.5 Å². The van der Waals surface area contributed by atoms with Gasteiger partial charge in [-0.25, -0.2) is 0 Å². The Hall–Kier alpha value is -2.62. The Morgan fingerprint density at radius 2 is 1.08 bits per heavy atom. The smallest absolute Gasteiger partial charge is 0.311 e. The number of ether oxygens (including phenoxy) is 2. The van der Waals surface area contributed by atoms with Crippen molar-refractivity contribution in [3.63, 3.8) is 0 Å². The highest BCUT2D eigenvalue weighted by atomic mass is 16.5. The van der Waals surface area contributed by atoms with Gasteiger partial charge in [-0.3, -0.25) is 9.59 Å². The highest BCUT2D eigenvalue weighted by molar-refractivity contribution is 5.80. The molecule has 2 aromatic carbocycles. The van der Waals surface area contributed by atoms with Crippen LogP contribution in [-0.2, 0) is 9.59 Å². The van der Waals surface area contributed by atoms with E-state index in [-0.39, 0.29) is 12.8 Å². The summed E-state index contributed by atoms with van der Waals surface area (Å²) in [6.07, 6.45) is -0.0336. The third-order valence-corrected chi connectivity index (χ3v) is 4.09. The number of benzene rings is 2. The van der Waals surface area contributed by atoms with Crippen LogP contribution < -0.4 is 9.47 Å². The van der Waals surface area contributed by atoms with E-state index < -0.39 is 11.9 Å². The average Bonchev–Trinajstić information content (AvgIpc) is 2.54. The van der Waals surface area contributed by atoms with Crippen molar-refractivity contribution >= 4 is 11.9 Å². The fraction of sp³-hybridized carbons (Fsp3) is 0.300. The fourth-order valence-corrected chi connectivity index (χ4v) is 2.22. The van der Waals surface area contributed by atoms with E-state index >= 15 is 0 Å². The molecule has 2 rings (SSSR count). The lowest BCUT2D eigenvalue weighted by atomic mass is 10.1. The van der Waals surface area contributed by atoms with Crippen molar-refractivity contribution in [2.45, 2.75) is 40.5 Å². The Morgan fingerprint density at radius 1 is 0.708 bits per heavy atom. The monoisotopic (exact) mass is 326 g/mol. The number of hydrogen-bond donors (Lipinski definition) is 0. The van der Waals surface area contributed by atoms with Gasteiger partial charge in [0.25, 0.3) is 0 Å². The zero-order chi connectivity index (χ0) is 17.7. The Kier molecular flexibility index (Phi) is 5.74. The molecule has 0 saturated carbocycles. The minimum atomic E-state index is -0.443. The normalized spacial score (nSPS) is 10.3. The maximum atomic E-state index is 11.9. The number of carbonyl (C=O) groups excluding carboxylic acids is 2. The molecule has 4 heteroatoms. The number of hydrogen-bond acceptors (Lipinski definition) is 4. The molecule has 0 fully saturated rings. The van der Waals surface area contributed by atoms with Crippen molar-refractivity contribution in [3.05, 3.63) is 58.7 Å². The van der Waals surface area contributed by atoms with E-state index in [0.717, 1.165) is 22.3 Å². The summed E-state index contributed by atoms with van der Waals surface area (Å²) in [4.78, 5) is 23.8.